The maximum absolute atomic E-state index is 4.24. The van der Waals surface area contributed by atoms with Gasteiger partial charge in [-0.2, -0.15) is 0 Å². The fraction of sp³-hybridized carbons (Fsp3) is 1.00. The molecule has 0 N–H and O–H groups in total. The molecule has 8 heavy (non-hydrogen) atoms. The zero-order valence-corrected chi connectivity index (χ0v) is 5.59. The van der Waals surface area contributed by atoms with E-state index in [2.05, 4.69) is 24.3 Å². The second kappa shape index (κ2) is 2.46. The van der Waals surface area contributed by atoms with Gasteiger partial charge in [0, 0.05) is 19.1 Å². The molecule has 1 radical (unpaired) electrons. The Hall–Kier alpha value is -0.0800. The molecule has 2 nitrogen and oxygen atoms in total. The molecule has 2 heteroatoms. The van der Waals surface area contributed by atoms with Crippen LogP contribution in [0.15, 0.2) is 0 Å². The molecule has 0 aromatic heterocycles. The highest BCUT2D eigenvalue weighted by atomic mass is 15.1. The van der Waals surface area contributed by atoms with Gasteiger partial charge < -0.3 is 4.90 Å². The average Bonchev–Trinajstić information content (AvgIpc) is 2.12. The van der Waals surface area contributed by atoms with Gasteiger partial charge in [0.05, 0.1) is 0 Å². The molecule has 1 atom stereocenters. The monoisotopic (exact) mass is 113 g/mol. The number of hydrogen-bond acceptors (Lipinski definition) is 1. The van der Waals surface area contributed by atoms with E-state index in [1.165, 1.54) is 6.42 Å². The Labute approximate surface area is 50.9 Å². The molecule has 0 aliphatic carbocycles. The average molecular weight is 113 g/mol. The minimum atomic E-state index is 0.731. The molecular weight excluding hydrogens is 100 g/mol. The zero-order chi connectivity index (χ0) is 5.98. The van der Waals surface area contributed by atoms with Crippen LogP contribution in [0.2, 0.25) is 0 Å². The highest BCUT2D eigenvalue weighted by molar-refractivity contribution is 4.75. The van der Waals surface area contributed by atoms with Gasteiger partial charge in [0.2, 0.25) is 0 Å². The molecule has 1 fully saturated rings. The molecule has 0 spiro atoms. The lowest BCUT2D eigenvalue weighted by atomic mass is 10.2. The van der Waals surface area contributed by atoms with Gasteiger partial charge in [-0.1, -0.05) is 0 Å². The number of rotatable bonds is 1. The molecule has 1 heterocycles. The van der Waals surface area contributed by atoms with E-state index in [1.54, 1.807) is 0 Å². The molecule has 0 bridgehead atoms. The first-order valence-corrected chi connectivity index (χ1v) is 3.10. The van der Waals surface area contributed by atoms with Gasteiger partial charge in [-0.05, 0) is 20.5 Å². The quantitative estimate of drug-likeness (QED) is 0.465. The van der Waals surface area contributed by atoms with Crippen LogP contribution in [0.4, 0.5) is 0 Å². The Morgan fingerprint density at radius 1 is 1.50 bits per heavy atom. The molecule has 0 unspecified atom stereocenters. The Bertz CT molecular complexity index is 64.9. The maximum Gasteiger partial charge on any atom is 0.0290 e. The summed E-state index contributed by atoms with van der Waals surface area (Å²) in [5, 5.41) is 4.24. The van der Waals surface area contributed by atoms with E-state index in [0.717, 1.165) is 19.1 Å². The summed E-state index contributed by atoms with van der Waals surface area (Å²) in [7, 11) is 4.23. The predicted octanol–water partition coefficient (Wildman–Crippen LogP) is -0.0753. The van der Waals surface area contributed by atoms with Crippen molar-refractivity contribution in [3.8, 4) is 0 Å². The Morgan fingerprint density at radius 2 is 2.25 bits per heavy atom. The van der Waals surface area contributed by atoms with E-state index in [-0.39, 0.29) is 0 Å². The first-order valence-electron chi connectivity index (χ1n) is 3.10. The fourth-order valence-electron chi connectivity index (χ4n) is 0.993. The Kier molecular flexibility index (Phi) is 1.86. The first-order chi connectivity index (χ1) is 3.80. The van der Waals surface area contributed by atoms with Crippen molar-refractivity contribution in [1.82, 2.24) is 10.2 Å². The Balaban J connectivity index is 2.24. The summed E-state index contributed by atoms with van der Waals surface area (Å²) in [5.74, 6) is 0. The summed E-state index contributed by atoms with van der Waals surface area (Å²) in [6, 6.07) is 0.731. The number of nitrogens with zero attached hydrogens (tertiary/aromatic N) is 2. The largest absolute Gasteiger partial charge is 0.305 e. The number of likely N-dealkylation sites (N-methyl/N-ethyl adjacent to an activating group) is 1. The highest BCUT2D eigenvalue weighted by Crippen LogP contribution is 2.03. The molecule has 1 rings (SSSR count). The first kappa shape index (κ1) is 6.05. The van der Waals surface area contributed by atoms with Crippen LogP contribution in [-0.4, -0.2) is 38.1 Å². The summed E-state index contributed by atoms with van der Waals surface area (Å²) >= 11 is 0. The van der Waals surface area contributed by atoms with E-state index >= 15 is 0 Å². The SMILES string of the molecule is CN(C)[C@H]1CC[N]C1. The third kappa shape index (κ3) is 1.20. The molecule has 1 saturated heterocycles. The number of hydrogen-bond donors (Lipinski definition) is 0. The van der Waals surface area contributed by atoms with Crippen molar-refractivity contribution in [2.45, 2.75) is 12.5 Å². The summed E-state index contributed by atoms with van der Waals surface area (Å²) < 4.78 is 0. The third-order valence-corrected chi connectivity index (χ3v) is 1.69. The molecule has 0 saturated carbocycles. The molecule has 0 aromatic carbocycles. The smallest absolute Gasteiger partial charge is 0.0290 e. The van der Waals surface area contributed by atoms with E-state index in [1.807, 2.05) is 0 Å². The lowest BCUT2D eigenvalue weighted by Gasteiger charge is -2.16. The van der Waals surface area contributed by atoms with Crippen LogP contribution < -0.4 is 5.32 Å². The lowest BCUT2D eigenvalue weighted by Crippen LogP contribution is -2.28. The van der Waals surface area contributed by atoms with Crippen molar-refractivity contribution >= 4 is 0 Å². The topological polar surface area (TPSA) is 17.3 Å². The van der Waals surface area contributed by atoms with Crippen molar-refractivity contribution in [3.05, 3.63) is 0 Å². The second-order valence-electron chi connectivity index (χ2n) is 2.54. The van der Waals surface area contributed by atoms with Crippen LogP contribution in [0.5, 0.6) is 0 Å². The van der Waals surface area contributed by atoms with E-state index in [4.69, 9.17) is 0 Å². The van der Waals surface area contributed by atoms with Crippen molar-refractivity contribution in [3.63, 3.8) is 0 Å². The minimum Gasteiger partial charge on any atom is -0.305 e. The minimum absolute atomic E-state index is 0.731. The molecule has 47 valence electrons. The van der Waals surface area contributed by atoms with Gasteiger partial charge in [0.1, 0.15) is 0 Å². The van der Waals surface area contributed by atoms with Gasteiger partial charge >= 0.3 is 0 Å². The van der Waals surface area contributed by atoms with E-state index in [9.17, 15) is 0 Å². The Morgan fingerprint density at radius 3 is 2.50 bits per heavy atom. The van der Waals surface area contributed by atoms with Crippen LogP contribution in [0.3, 0.4) is 0 Å². The van der Waals surface area contributed by atoms with Gasteiger partial charge in [0.15, 0.2) is 0 Å². The predicted molar refractivity (Wildman–Crippen MR) is 34.0 cm³/mol. The van der Waals surface area contributed by atoms with Gasteiger partial charge in [-0.15, -0.1) is 0 Å². The van der Waals surface area contributed by atoms with Gasteiger partial charge in [-0.3, -0.25) is 0 Å². The molecule has 0 amide bonds. The fourth-order valence-corrected chi connectivity index (χ4v) is 0.993. The summed E-state index contributed by atoms with van der Waals surface area (Å²) in [6.07, 6.45) is 1.26. The summed E-state index contributed by atoms with van der Waals surface area (Å²) in [6.45, 7) is 2.12. The van der Waals surface area contributed by atoms with Crippen LogP contribution in [-0.2, 0) is 0 Å². The van der Waals surface area contributed by atoms with Gasteiger partial charge in [-0.25, -0.2) is 5.32 Å². The summed E-state index contributed by atoms with van der Waals surface area (Å²) in [5.41, 5.74) is 0. The van der Waals surface area contributed by atoms with Crippen LogP contribution >= 0.6 is 0 Å². The summed E-state index contributed by atoms with van der Waals surface area (Å²) in [4.78, 5) is 2.25. The highest BCUT2D eigenvalue weighted by Gasteiger charge is 2.16. The maximum atomic E-state index is 4.24. The molecule has 1 aliphatic heterocycles. The van der Waals surface area contributed by atoms with E-state index in [0.29, 0.717) is 0 Å². The van der Waals surface area contributed by atoms with Crippen molar-refractivity contribution < 1.29 is 0 Å². The third-order valence-electron chi connectivity index (χ3n) is 1.69. The van der Waals surface area contributed by atoms with Crippen LogP contribution in [0.25, 0.3) is 0 Å². The molecule has 1 aliphatic rings. The van der Waals surface area contributed by atoms with Crippen molar-refractivity contribution in [1.29, 1.82) is 0 Å². The normalized spacial score (nSPS) is 29.6. The van der Waals surface area contributed by atoms with Crippen LogP contribution in [0.1, 0.15) is 6.42 Å². The zero-order valence-electron chi connectivity index (χ0n) is 5.59. The molecular formula is C6H13N2. The standard InChI is InChI=1S/C6H13N2/c1-8(2)6-3-4-7-5-6/h6H,3-5H2,1-2H3/t6-/m0/s1. The lowest BCUT2D eigenvalue weighted by molar-refractivity contribution is 0.313. The second-order valence-corrected chi connectivity index (χ2v) is 2.54. The van der Waals surface area contributed by atoms with Crippen molar-refractivity contribution in [2.24, 2.45) is 0 Å². The molecule has 0 aromatic rings. The van der Waals surface area contributed by atoms with E-state index < -0.39 is 0 Å². The van der Waals surface area contributed by atoms with Crippen LogP contribution in [0, 0.1) is 0 Å². The van der Waals surface area contributed by atoms with Crippen molar-refractivity contribution in [2.75, 3.05) is 27.2 Å². The van der Waals surface area contributed by atoms with Gasteiger partial charge in [0.25, 0.3) is 0 Å².